The fourth-order valence-corrected chi connectivity index (χ4v) is 4.27. The molecule has 0 N–H and O–H groups in total. The molecule has 2 aromatic heterocycles. The maximum absolute atomic E-state index is 13.0. The number of carbonyl (C=O) groups is 1. The molecule has 0 bridgehead atoms. The van der Waals surface area contributed by atoms with Gasteiger partial charge in [0, 0.05) is 24.6 Å². The molecule has 0 aromatic carbocycles. The highest BCUT2D eigenvalue weighted by Crippen LogP contribution is 2.33. The quantitative estimate of drug-likeness (QED) is 0.763. The summed E-state index contributed by atoms with van der Waals surface area (Å²) < 4.78 is 8.04. The van der Waals surface area contributed by atoms with Crippen LogP contribution in [0.25, 0.3) is 0 Å². The van der Waals surface area contributed by atoms with Crippen LogP contribution in [0.2, 0.25) is 0 Å². The average Bonchev–Trinajstić information content (AvgIpc) is 3.12. The summed E-state index contributed by atoms with van der Waals surface area (Å²) in [6, 6.07) is 4.02. The summed E-state index contributed by atoms with van der Waals surface area (Å²) in [4.78, 5) is 16.1. The van der Waals surface area contributed by atoms with E-state index >= 15 is 0 Å². The van der Waals surface area contributed by atoms with E-state index in [1.54, 1.807) is 11.3 Å². The maximum Gasteiger partial charge on any atom is 0.228 e. The number of ether oxygens (including phenoxy) is 1. The van der Waals surface area contributed by atoms with Crippen LogP contribution in [0.3, 0.4) is 0 Å². The molecule has 0 saturated heterocycles. The minimum atomic E-state index is -0.0163. The molecule has 5 nitrogen and oxygen atoms in total. The van der Waals surface area contributed by atoms with Crippen molar-refractivity contribution in [2.45, 2.75) is 45.2 Å². The molecule has 0 unspecified atom stereocenters. The first-order valence-electron chi connectivity index (χ1n) is 9.20. The third kappa shape index (κ3) is 3.65. The van der Waals surface area contributed by atoms with E-state index < -0.39 is 0 Å². The largest absolute Gasteiger partial charge is 0.379 e. The van der Waals surface area contributed by atoms with E-state index in [1.165, 1.54) is 24.1 Å². The van der Waals surface area contributed by atoms with E-state index in [1.807, 2.05) is 33.3 Å². The van der Waals surface area contributed by atoms with Gasteiger partial charge in [0.05, 0.1) is 31.0 Å². The van der Waals surface area contributed by atoms with Crippen molar-refractivity contribution >= 4 is 17.2 Å². The Labute approximate surface area is 152 Å². The second-order valence-corrected chi connectivity index (χ2v) is 7.99. The minimum Gasteiger partial charge on any atom is -0.379 e. The summed E-state index contributed by atoms with van der Waals surface area (Å²) in [5.74, 6) is 0.923. The molecule has 4 rings (SSSR count). The van der Waals surface area contributed by atoms with Crippen LogP contribution in [0.15, 0.2) is 23.7 Å². The van der Waals surface area contributed by atoms with Crippen LogP contribution in [0, 0.1) is 5.92 Å². The Balaban J connectivity index is 1.54. The Morgan fingerprint density at radius 3 is 3.00 bits per heavy atom. The zero-order valence-electron chi connectivity index (χ0n) is 14.7. The number of hydrogen-bond donors (Lipinski definition) is 0. The van der Waals surface area contributed by atoms with Crippen LogP contribution in [0.4, 0.5) is 0 Å². The number of carbonyl (C=O) groups excluding carboxylic acids is 1. The number of thiophene rings is 1. The summed E-state index contributed by atoms with van der Waals surface area (Å²) >= 11 is 1.65. The van der Waals surface area contributed by atoms with Crippen molar-refractivity contribution in [3.63, 3.8) is 0 Å². The van der Waals surface area contributed by atoms with Gasteiger partial charge in [-0.1, -0.05) is 6.07 Å². The fraction of sp³-hybridized carbons (Fsp3) is 0.579. The molecule has 25 heavy (non-hydrogen) atoms. The zero-order chi connectivity index (χ0) is 17.2. The first kappa shape index (κ1) is 16.8. The minimum absolute atomic E-state index is 0.0163. The van der Waals surface area contributed by atoms with Gasteiger partial charge >= 0.3 is 0 Å². The van der Waals surface area contributed by atoms with Gasteiger partial charge in [-0.25, -0.2) is 0 Å². The summed E-state index contributed by atoms with van der Waals surface area (Å²) in [6.07, 6.45) is 5.89. The van der Waals surface area contributed by atoms with Gasteiger partial charge in [-0.15, -0.1) is 11.3 Å². The van der Waals surface area contributed by atoms with E-state index in [9.17, 15) is 4.79 Å². The molecule has 1 atom stereocenters. The Morgan fingerprint density at radius 1 is 1.40 bits per heavy atom. The fourth-order valence-electron chi connectivity index (χ4n) is 3.57. The lowest BCUT2D eigenvalue weighted by Gasteiger charge is -2.36. The van der Waals surface area contributed by atoms with Gasteiger partial charge in [-0.05, 0) is 49.1 Å². The lowest BCUT2D eigenvalue weighted by Crippen LogP contribution is -2.43. The molecule has 1 aliphatic heterocycles. The second kappa shape index (κ2) is 7.30. The van der Waals surface area contributed by atoms with E-state index in [-0.39, 0.29) is 11.9 Å². The number of rotatable bonds is 7. The van der Waals surface area contributed by atoms with Gasteiger partial charge in [0.25, 0.3) is 0 Å². The SMILES string of the molecule is CCn1ncc2c1[C@H](COCC1CC1)N(C(=O)Cc1cccs1)CC2. The van der Waals surface area contributed by atoms with Gasteiger partial charge in [0.1, 0.15) is 0 Å². The average molecular weight is 359 g/mol. The molecule has 1 amide bonds. The summed E-state index contributed by atoms with van der Waals surface area (Å²) in [5, 5.41) is 6.54. The van der Waals surface area contributed by atoms with Crippen molar-refractivity contribution in [3.05, 3.63) is 39.8 Å². The number of aryl methyl sites for hydroxylation is 1. The summed E-state index contributed by atoms with van der Waals surface area (Å²) in [6.45, 7) is 5.07. The van der Waals surface area contributed by atoms with Crippen molar-refractivity contribution < 1.29 is 9.53 Å². The molecule has 0 radical (unpaired) electrons. The first-order chi connectivity index (χ1) is 12.3. The van der Waals surface area contributed by atoms with Crippen LogP contribution >= 0.6 is 11.3 Å². The van der Waals surface area contributed by atoms with Gasteiger partial charge in [0.2, 0.25) is 5.91 Å². The third-order valence-electron chi connectivity index (χ3n) is 5.13. The molecular formula is C19H25N3O2S. The van der Waals surface area contributed by atoms with E-state index in [2.05, 4.69) is 12.0 Å². The highest BCUT2D eigenvalue weighted by atomic mass is 32.1. The molecule has 134 valence electrons. The molecule has 6 heteroatoms. The highest BCUT2D eigenvalue weighted by Gasteiger charge is 2.34. The van der Waals surface area contributed by atoms with Gasteiger partial charge < -0.3 is 9.64 Å². The smallest absolute Gasteiger partial charge is 0.228 e. The van der Waals surface area contributed by atoms with Crippen molar-refractivity contribution in [1.29, 1.82) is 0 Å². The van der Waals surface area contributed by atoms with Crippen molar-refractivity contribution in [1.82, 2.24) is 14.7 Å². The Hall–Kier alpha value is -1.66. The summed E-state index contributed by atoms with van der Waals surface area (Å²) in [7, 11) is 0. The van der Waals surface area contributed by atoms with Gasteiger partial charge in [-0.2, -0.15) is 5.10 Å². The van der Waals surface area contributed by atoms with E-state index in [4.69, 9.17) is 4.74 Å². The number of aromatic nitrogens is 2. The topological polar surface area (TPSA) is 47.4 Å². The van der Waals surface area contributed by atoms with Gasteiger partial charge in [0.15, 0.2) is 0 Å². The van der Waals surface area contributed by atoms with Crippen LogP contribution in [0.1, 0.15) is 41.9 Å². The van der Waals surface area contributed by atoms with Crippen molar-refractivity contribution in [3.8, 4) is 0 Å². The van der Waals surface area contributed by atoms with Crippen LogP contribution < -0.4 is 0 Å². The highest BCUT2D eigenvalue weighted by molar-refractivity contribution is 7.10. The van der Waals surface area contributed by atoms with Crippen LogP contribution in [-0.4, -0.2) is 40.3 Å². The molecular weight excluding hydrogens is 334 g/mol. The van der Waals surface area contributed by atoms with Gasteiger partial charge in [-0.3, -0.25) is 9.48 Å². The molecule has 1 fully saturated rings. The Kier molecular flexibility index (Phi) is 4.90. The molecule has 1 aliphatic carbocycles. The molecule has 1 saturated carbocycles. The first-order valence-corrected chi connectivity index (χ1v) is 10.1. The van der Waals surface area contributed by atoms with Crippen molar-refractivity contribution in [2.75, 3.05) is 19.8 Å². The number of fused-ring (bicyclic) bond motifs is 1. The van der Waals surface area contributed by atoms with E-state index in [0.717, 1.165) is 36.9 Å². The lowest BCUT2D eigenvalue weighted by atomic mass is 9.99. The molecule has 2 aromatic rings. The number of hydrogen-bond acceptors (Lipinski definition) is 4. The number of amides is 1. The number of nitrogens with zero attached hydrogens (tertiary/aromatic N) is 3. The standard InChI is InChI=1S/C19H25N3O2S/c1-2-22-19-15(11-20-22)7-8-21(17(19)13-24-12-14-5-6-14)18(23)10-16-4-3-9-25-16/h3-4,9,11,14,17H,2,5-8,10,12-13H2,1H3/t17-/m0/s1. The zero-order valence-corrected chi connectivity index (χ0v) is 15.5. The van der Waals surface area contributed by atoms with E-state index in [0.29, 0.717) is 13.0 Å². The lowest BCUT2D eigenvalue weighted by molar-refractivity contribution is -0.135. The normalized spacial score (nSPS) is 19.9. The predicted octanol–water partition coefficient (Wildman–Crippen LogP) is 3.06. The monoisotopic (exact) mass is 359 g/mol. The second-order valence-electron chi connectivity index (χ2n) is 6.96. The molecule has 2 aliphatic rings. The van der Waals surface area contributed by atoms with Crippen LogP contribution in [0.5, 0.6) is 0 Å². The maximum atomic E-state index is 13.0. The third-order valence-corrected chi connectivity index (χ3v) is 6.00. The molecule has 3 heterocycles. The Morgan fingerprint density at radius 2 is 2.28 bits per heavy atom. The van der Waals surface area contributed by atoms with Crippen LogP contribution in [-0.2, 0) is 28.9 Å². The predicted molar refractivity (Wildman–Crippen MR) is 97.6 cm³/mol. The molecule has 0 spiro atoms. The van der Waals surface area contributed by atoms with Crippen molar-refractivity contribution in [2.24, 2.45) is 5.92 Å². The Bertz CT molecular complexity index is 708. The summed E-state index contributed by atoms with van der Waals surface area (Å²) in [5.41, 5.74) is 2.44.